The number of ether oxygens (including phenoxy) is 1. The number of halogens is 3. The van der Waals surface area contributed by atoms with Gasteiger partial charge < -0.3 is 15.2 Å². The largest absolute Gasteiger partial charge is 0.497 e. The van der Waals surface area contributed by atoms with Gasteiger partial charge in [0, 0.05) is 24.1 Å². The molecule has 31 heavy (non-hydrogen) atoms. The maximum Gasteiger partial charge on any atom is 0.435 e. The fourth-order valence-corrected chi connectivity index (χ4v) is 2.97. The number of imidazole rings is 1. The van der Waals surface area contributed by atoms with Gasteiger partial charge in [0.2, 0.25) is 5.95 Å². The number of carbonyl (C=O) groups is 1. The van der Waals surface area contributed by atoms with Crippen molar-refractivity contribution in [2.75, 3.05) is 12.4 Å². The third-order valence-electron chi connectivity index (χ3n) is 4.39. The first-order valence-electron chi connectivity index (χ1n) is 8.83. The van der Waals surface area contributed by atoms with Gasteiger partial charge in [-0.1, -0.05) is 0 Å². The minimum absolute atomic E-state index is 0.00430. The van der Waals surface area contributed by atoms with Crippen LogP contribution in [-0.4, -0.2) is 37.5 Å². The summed E-state index contributed by atoms with van der Waals surface area (Å²) >= 11 is 0. The molecule has 1 aromatic carbocycles. The summed E-state index contributed by atoms with van der Waals surface area (Å²) in [5.74, 6) is -0.668. The Bertz CT molecular complexity index is 1270. The highest BCUT2D eigenvalue weighted by Crippen LogP contribution is 2.37. The molecule has 3 aromatic heterocycles. The number of fused-ring (bicyclic) bond motifs is 1. The smallest absolute Gasteiger partial charge is 0.435 e. The fourth-order valence-electron chi connectivity index (χ4n) is 2.97. The molecule has 11 heteroatoms. The molecule has 3 heterocycles. The van der Waals surface area contributed by atoms with Crippen molar-refractivity contribution in [1.29, 1.82) is 0 Å². The Kier molecular flexibility index (Phi) is 4.93. The second kappa shape index (κ2) is 7.59. The second-order valence-electron chi connectivity index (χ2n) is 6.37. The maximum absolute atomic E-state index is 13.7. The Balaban J connectivity index is 1.77. The second-order valence-corrected chi connectivity index (χ2v) is 6.37. The van der Waals surface area contributed by atoms with Crippen LogP contribution in [0.4, 0.5) is 24.8 Å². The number of carboxylic acids is 1. The van der Waals surface area contributed by atoms with Crippen LogP contribution in [0.1, 0.15) is 16.1 Å². The van der Waals surface area contributed by atoms with Gasteiger partial charge in [-0.3, -0.25) is 4.40 Å². The van der Waals surface area contributed by atoms with E-state index in [9.17, 15) is 18.0 Å². The van der Waals surface area contributed by atoms with E-state index in [2.05, 4.69) is 20.3 Å². The van der Waals surface area contributed by atoms with Gasteiger partial charge in [-0.05, 0) is 36.4 Å². The molecule has 0 spiro atoms. The van der Waals surface area contributed by atoms with Crippen molar-refractivity contribution in [3.63, 3.8) is 0 Å². The molecule has 8 nitrogen and oxygen atoms in total. The molecule has 0 saturated carbocycles. The molecule has 0 atom stereocenters. The number of rotatable bonds is 5. The molecular weight excluding hydrogens is 415 g/mol. The number of benzene rings is 1. The van der Waals surface area contributed by atoms with Crippen LogP contribution < -0.4 is 10.1 Å². The van der Waals surface area contributed by atoms with Crippen LogP contribution in [0.25, 0.3) is 17.0 Å². The summed E-state index contributed by atoms with van der Waals surface area (Å²) in [5, 5.41) is 11.8. The molecule has 0 aliphatic rings. The summed E-state index contributed by atoms with van der Waals surface area (Å²) in [4.78, 5) is 22.9. The van der Waals surface area contributed by atoms with Crippen LogP contribution >= 0.6 is 0 Å². The number of alkyl halides is 3. The zero-order chi connectivity index (χ0) is 22.2. The topological polar surface area (TPSA) is 102 Å². The minimum Gasteiger partial charge on any atom is -0.497 e. The Morgan fingerprint density at radius 2 is 1.87 bits per heavy atom. The molecular formula is C20H14F3N5O3. The molecule has 0 aliphatic heterocycles. The third kappa shape index (κ3) is 3.97. The lowest BCUT2D eigenvalue weighted by atomic mass is 10.2. The zero-order valence-corrected chi connectivity index (χ0v) is 15.9. The lowest BCUT2D eigenvalue weighted by Crippen LogP contribution is -2.09. The molecule has 0 radical (unpaired) electrons. The minimum atomic E-state index is -4.71. The molecule has 2 N–H and O–H groups in total. The van der Waals surface area contributed by atoms with E-state index in [-0.39, 0.29) is 28.5 Å². The van der Waals surface area contributed by atoms with Gasteiger partial charge in [-0.15, -0.1) is 0 Å². The van der Waals surface area contributed by atoms with Crippen molar-refractivity contribution in [1.82, 2.24) is 19.4 Å². The van der Waals surface area contributed by atoms with E-state index < -0.39 is 17.8 Å². The number of hydrogen-bond acceptors (Lipinski definition) is 6. The average Bonchev–Trinajstić information content (AvgIpc) is 3.13. The highest BCUT2D eigenvalue weighted by molar-refractivity contribution is 5.88. The van der Waals surface area contributed by atoms with Gasteiger partial charge in [0.05, 0.1) is 18.4 Å². The summed E-state index contributed by atoms with van der Waals surface area (Å²) in [7, 11) is 1.41. The number of methoxy groups -OCH3 is 1. The molecule has 0 aliphatic carbocycles. The van der Waals surface area contributed by atoms with E-state index in [1.165, 1.54) is 66.4 Å². The van der Waals surface area contributed by atoms with Gasteiger partial charge in [0.1, 0.15) is 17.1 Å². The number of nitrogens with one attached hydrogen (secondary N) is 1. The lowest BCUT2D eigenvalue weighted by molar-refractivity contribution is -0.140. The Labute approximate surface area is 173 Å². The van der Waals surface area contributed by atoms with Crippen molar-refractivity contribution in [2.24, 2.45) is 0 Å². The van der Waals surface area contributed by atoms with Crippen molar-refractivity contribution in [2.45, 2.75) is 6.18 Å². The first-order chi connectivity index (χ1) is 14.8. The zero-order valence-electron chi connectivity index (χ0n) is 15.9. The molecule has 0 bridgehead atoms. The Morgan fingerprint density at radius 1 is 1.13 bits per heavy atom. The summed E-state index contributed by atoms with van der Waals surface area (Å²) < 4.78 is 47.4. The quantitative estimate of drug-likeness (QED) is 0.489. The van der Waals surface area contributed by atoms with Crippen LogP contribution in [0.3, 0.4) is 0 Å². The predicted molar refractivity (Wildman–Crippen MR) is 104 cm³/mol. The molecule has 0 amide bonds. The summed E-state index contributed by atoms with van der Waals surface area (Å²) in [6, 6.07) is 10.0. The van der Waals surface area contributed by atoms with Crippen molar-refractivity contribution < 1.29 is 27.8 Å². The number of aromatic carboxylic acids is 1. The van der Waals surface area contributed by atoms with E-state index in [0.29, 0.717) is 11.4 Å². The number of pyridine rings is 1. The summed E-state index contributed by atoms with van der Waals surface area (Å²) in [6.45, 7) is 0. The first-order valence-corrected chi connectivity index (χ1v) is 8.83. The number of nitrogens with zero attached hydrogens (tertiary/aromatic N) is 4. The van der Waals surface area contributed by atoms with Gasteiger partial charge in [0.25, 0.3) is 0 Å². The van der Waals surface area contributed by atoms with E-state index in [1.807, 2.05) is 0 Å². The summed E-state index contributed by atoms with van der Waals surface area (Å²) in [6.07, 6.45) is -1.97. The van der Waals surface area contributed by atoms with Crippen LogP contribution in [0.5, 0.6) is 5.75 Å². The normalized spacial score (nSPS) is 11.5. The standard InChI is InChI=1S/C20H14F3N5O3/c1-31-13-7-9-28-15(10-13)27-17(20(21,22)23)16(28)14-6-8-24-19(26-14)25-12-4-2-11(3-5-12)18(29)30/h2-10H,1H3,(H,29,30)(H,24,25,26). The molecule has 0 fully saturated rings. The van der Waals surface area contributed by atoms with Gasteiger partial charge in [-0.2, -0.15) is 13.2 Å². The van der Waals surface area contributed by atoms with Gasteiger partial charge in [0.15, 0.2) is 5.69 Å². The SMILES string of the molecule is COc1ccn2c(-c3ccnc(Nc4ccc(C(=O)O)cc4)n3)c(C(F)(F)F)nc2c1. The Hall–Kier alpha value is -4.15. The van der Waals surface area contributed by atoms with Gasteiger partial charge >= 0.3 is 12.1 Å². The Morgan fingerprint density at radius 3 is 2.52 bits per heavy atom. The highest BCUT2D eigenvalue weighted by Gasteiger charge is 2.38. The van der Waals surface area contributed by atoms with Crippen LogP contribution in [-0.2, 0) is 6.18 Å². The van der Waals surface area contributed by atoms with Crippen LogP contribution in [0, 0.1) is 0 Å². The lowest BCUT2D eigenvalue weighted by Gasteiger charge is -2.10. The summed E-state index contributed by atoms with van der Waals surface area (Å²) in [5.41, 5.74) is -0.700. The van der Waals surface area contributed by atoms with Crippen LogP contribution in [0.15, 0.2) is 54.9 Å². The molecule has 4 rings (SSSR count). The van der Waals surface area contributed by atoms with Crippen molar-refractivity contribution in [3.05, 3.63) is 66.1 Å². The monoisotopic (exact) mass is 429 g/mol. The van der Waals surface area contributed by atoms with Gasteiger partial charge in [-0.25, -0.2) is 19.7 Å². The van der Waals surface area contributed by atoms with E-state index in [1.54, 1.807) is 0 Å². The van der Waals surface area contributed by atoms with Crippen molar-refractivity contribution >= 4 is 23.3 Å². The number of carboxylic acid groups (broad SMARTS) is 1. The van der Waals surface area contributed by atoms with Crippen LogP contribution in [0.2, 0.25) is 0 Å². The number of hydrogen-bond donors (Lipinski definition) is 2. The number of aromatic nitrogens is 4. The van der Waals surface area contributed by atoms with E-state index in [0.717, 1.165) is 0 Å². The third-order valence-corrected chi connectivity index (χ3v) is 4.39. The highest BCUT2D eigenvalue weighted by atomic mass is 19.4. The first kappa shape index (κ1) is 20.1. The molecule has 4 aromatic rings. The maximum atomic E-state index is 13.7. The number of anilines is 2. The molecule has 158 valence electrons. The molecule has 0 saturated heterocycles. The van der Waals surface area contributed by atoms with Crippen molar-refractivity contribution in [3.8, 4) is 17.1 Å². The van der Waals surface area contributed by atoms with E-state index in [4.69, 9.17) is 9.84 Å². The predicted octanol–water partition coefficient (Wildman–Crippen LogP) is 4.26. The fraction of sp³-hybridized carbons (Fsp3) is 0.100. The molecule has 0 unspecified atom stereocenters. The average molecular weight is 429 g/mol. The van der Waals surface area contributed by atoms with E-state index >= 15 is 0 Å².